The molecule has 0 saturated carbocycles. The number of aliphatic carboxylic acids is 2. The second-order valence-electron chi connectivity index (χ2n) is 8.01. The third kappa shape index (κ3) is 10.3. The predicted molar refractivity (Wildman–Crippen MR) is 116 cm³/mol. The number of nitrogens with two attached hydrogens (primary N) is 2. The van der Waals surface area contributed by atoms with E-state index in [9.17, 15) is 28.8 Å². The summed E-state index contributed by atoms with van der Waals surface area (Å²) >= 11 is 0. The van der Waals surface area contributed by atoms with Crippen LogP contribution >= 0.6 is 0 Å². The molecule has 0 spiro atoms. The van der Waals surface area contributed by atoms with Crippen LogP contribution < -0.4 is 27.4 Å². The van der Waals surface area contributed by atoms with Gasteiger partial charge in [0.15, 0.2) is 0 Å². The van der Waals surface area contributed by atoms with E-state index in [-0.39, 0.29) is 11.8 Å². The average molecular weight is 474 g/mol. The summed E-state index contributed by atoms with van der Waals surface area (Å²) < 4.78 is 0. The van der Waals surface area contributed by atoms with Gasteiger partial charge < -0.3 is 37.6 Å². The molecule has 0 aromatic carbocycles. The molecule has 9 N–H and O–H groups in total. The number of amides is 4. The van der Waals surface area contributed by atoms with Crippen molar-refractivity contribution in [3.63, 3.8) is 0 Å². The van der Waals surface area contributed by atoms with E-state index in [1.165, 1.54) is 0 Å². The molecule has 13 heteroatoms. The van der Waals surface area contributed by atoms with Crippen molar-refractivity contribution in [2.24, 2.45) is 23.3 Å². The highest BCUT2D eigenvalue weighted by Gasteiger charge is 2.34. The van der Waals surface area contributed by atoms with E-state index < -0.39 is 72.6 Å². The Morgan fingerprint density at radius 1 is 0.758 bits per heavy atom. The smallest absolute Gasteiger partial charge is 0.326 e. The van der Waals surface area contributed by atoms with Gasteiger partial charge >= 0.3 is 11.9 Å². The number of carbonyl (C=O) groups excluding carboxylic acids is 4. The Bertz CT molecular complexity index is 744. The summed E-state index contributed by atoms with van der Waals surface area (Å²) in [4.78, 5) is 71.4. The molecule has 0 aliphatic heterocycles. The van der Waals surface area contributed by atoms with Crippen LogP contribution in [0.2, 0.25) is 0 Å². The fraction of sp³-hybridized carbons (Fsp3) is 0.700. The van der Waals surface area contributed by atoms with E-state index in [4.69, 9.17) is 21.7 Å². The second-order valence-corrected chi connectivity index (χ2v) is 8.01. The van der Waals surface area contributed by atoms with E-state index in [0.29, 0.717) is 12.8 Å². The lowest BCUT2D eigenvalue weighted by atomic mass is 9.95. The van der Waals surface area contributed by atoms with E-state index in [1.807, 2.05) is 12.2 Å². The van der Waals surface area contributed by atoms with Gasteiger partial charge in [0.2, 0.25) is 23.6 Å². The number of hydrogen-bond acceptors (Lipinski definition) is 7. The lowest BCUT2D eigenvalue weighted by molar-refractivity contribution is -0.147. The van der Waals surface area contributed by atoms with Crippen molar-refractivity contribution >= 4 is 35.6 Å². The Labute approximate surface area is 192 Å². The van der Waals surface area contributed by atoms with Gasteiger partial charge in [0, 0.05) is 0 Å². The summed E-state index contributed by atoms with van der Waals surface area (Å²) in [5.41, 5.74) is 11.1. The summed E-state index contributed by atoms with van der Waals surface area (Å²) in [6.07, 6.45) is -0.484. The van der Waals surface area contributed by atoms with Crippen molar-refractivity contribution in [1.29, 1.82) is 0 Å². The first-order valence-corrected chi connectivity index (χ1v) is 10.6. The maximum Gasteiger partial charge on any atom is 0.326 e. The van der Waals surface area contributed by atoms with Crippen LogP contribution in [0, 0.1) is 11.8 Å². The third-order valence-electron chi connectivity index (χ3n) is 5.38. The molecule has 13 nitrogen and oxygen atoms in total. The standard InChI is InChI=1S/C20H35N5O8/c1-5-9(3)15(22)18(30)25-16(10(4)6-2)19(31)23-11(7-13(21)26)17(29)24-12(20(32)33)8-14(27)28/h9-12,15-16H,5-8,22H2,1-4H3,(H2,21,26)(H,23,31)(H,24,29)(H,25,30)(H,27,28)(H,32,33). The largest absolute Gasteiger partial charge is 0.481 e. The molecule has 0 rings (SSSR count). The van der Waals surface area contributed by atoms with E-state index >= 15 is 0 Å². The monoisotopic (exact) mass is 473 g/mol. The number of primary amides is 1. The van der Waals surface area contributed by atoms with Gasteiger partial charge in [0.05, 0.1) is 18.9 Å². The van der Waals surface area contributed by atoms with Crippen molar-refractivity contribution in [3.05, 3.63) is 0 Å². The van der Waals surface area contributed by atoms with E-state index in [1.54, 1.807) is 20.8 Å². The maximum atomic E-state index is 12.9. The van der Waals surface area contributed by atoms with E-state index in [0.717, 1.165) is 0 Å². The van der Waals surface area contributed by atoms with Crippen LogP contribution in [0.4, 0.5) is 0 Å². The lowest BCUT2D eigenvalue weighted by Crippen LogP contribution is -2.59. The zero-order valence-corrected chi connectivity index (χ0v) is 19.3. The molecule has 6 atom stereocenters. The Kier molecular flexibility index (Phi) is 12.7. The van der Waals surface area contributed by atoms with Crippen LogP contribution in [-0.4, -0.2) is 69.9 Å². The SMILES string of the molecule is CCC(C)C(N)C(=O)NC(C(=O)NC(CC(N)=O)C(=O)NC(CC(=O)O)C(=O)O)C(C)CC. The third-order valence-corrected chi connectivity index (χ3v) is 5.38. The van der Waals surface area contributed by atoms with Gasteiger partial charge in [-0.05, 0) is 11.8 Å². The molecular formula is C20H35N5O8. The molecule has 0 aliphatic rings. The molecular weight excluding hydrogens is 438 g/mol. The molecule has 4 amide bonds. The first-order valence-electron chi connectivity index (χ1n) is 10.6. The zero-order valence-electron chi connectivity index (χ0n) is 19.3. The van der Waals surface area contributed by atoms with Crippen molar-refractivity contribution in [2.75, 3.05) is 0 Å². The van der Waals surface area contributed by atoms with Gasteiger partial charge in [-0.15, -0.1) is 0 Å². The fourth-order valence-electron chi connectivity index (χ4n) is 2.78. The highest BCUT2D eigenvalue weighted by Crippen LogP contribution is 2.11. The van der Waals surface area contributed by atoms with Gasteiger partial charge in [0.25, 0.3) is 0 Å². The van der Waals surface area contributed by atoms with Crippen molar-refractivity contribution in [3.8, 4) is 0 Å². The quantitative estimate of drug-likeness (QED) is 0.143. The minimum Gasteiger partial charge on any atom is -0.481 e. The topological polar surface area (TPSA) is 231 Å². The van der Waals surface area contributed by atoms with Crippen molar-refractivity contribution < 1.29 is 39.0 Å². The van der Waals surface area contributed by atoms with Crippen LogP contribution in [0.25, 0.3) is 0 Å². The second kappa shape index (κ2) is 14.0. The van der Waals surface area contributed by atoms with Crippen molar-refractivity contribution in [1.82, 2.24) is 16.0 Å². The highest BCUT2D eigenvalue weighted by molar-refractivity contribution is 5.96. The minimum absolute atomic E-state index is 0.152. The minimum atomic E-state index is -1.79. The molecule has 188 valence electrons. The summed E-state index contributed by atoms with van der Waals surface area (Å²) in [5.74, 6) is -7.07. The van der Waals surface area contributed by atoms with Crippen LogP contribution in [-0.2, 0) is 28.8 Å². The average Bonchev–Trinajstić information content (AvgIpc) is 2.73. The predicted octanol–water partition coefficient (Wildman–Crippen LogP) is -1.70. The van der Waals surface area contributed by atoms with Gasteiger partial charge in [-0.25, -0.2) is 4.79 Å². The Hall–Kier alpha value is -3.22. The molecule has 0 aromatic heterocycles. The number of carbonyl (C=O) groups is 6. The number of hydrogen-bond donors (Lipinski definition) is 7. The Morgan fingerprint density at radius 2 is 1.27 bits per heavy atom. The Morgan fingerprint density at radius 3 is 1.70 bits per heavy atom. The van der Waals surface area contributed by atoms with Gasteiger partial charge in [-0.3, -0.25) is 24.0 Å². The first kappa shape index (κ1) is 29.8. The number of nitrogens with one attached hydrogen (secondary N) is 3. The van der Waals surface area contributed by atoms with Crippen LogP contribution in [0.5, 0.6) is 0 Å². The highest BCUT2D eigenvalue weighted by atomic mass is 16.4. The summed E-state index contributed by atoms with van der Waals surface area (Å²) in [6.45, 7) is 7.11. The van der Waals surface area contributed by atoms with Crippen molar-refractivity contribution in [2.45, 2.75) is 77.5 Å². The normalized spacial score (nSPS) is 16.3. The first-order chi connectivity index (χ1) is 15.2. The molecule has 0 heterocycles. The number of carboxylic acid groups (broad SMARTS) is 2. The number of rotatable bonds is 15. The molecule has 6 unspecified atom stereocenters. The van der Waals surface area contributed by atoms with Crippen LogP contribution in [0.15, 0.2) is 0 Å². The molecule has 0 aromatic rings. The molecule has 0 radical (unpaired) electrons. The zero-order chi connectivity index (χ0) is 25.9. The fourth-order valence-corrected chi connectivity index (χ4v) is 2.78. The number of carboxylic acids is 2. The van der Waals surface area contributed by atoms with Gasteiger partial charge in [-0.2, -0.15) is 0 Å². The van der Waals surface area contributed by atoms with Crippen LogP contribution in [0.1, 0.15) is 53.4 Å². The Balaban J connectivity index is 5.63. The molecule has 33 heavy (non-hydrogen) atoms. The molecule has 0 bridgehead atoms. The molecule has 0 saturated heterocycles. The van der Waals surface area contributed by atoms with E-state index in [2.05, 4.69) is 10.6 Å². The summed E-state index contributed by atoms with van der Waals surface area (Å²) in [7, 11) is 0. The summed E-state index contributed by atoms with van der Waals surface area (Å²) in [5, 5.41) is 24.8. The molecule has 0 fully saturated rings. The van der Waals surface area contributed by atoms with Gasteiger partial charge in [-0.1, -0.05) is 40.5 Å². The van der Waals surface area contributed by atoms with Gasteiger partial charge in [0.1, 0.15) is 18.1 Å². The summed E-state index contributed by atoms with van der Waals surface area (Å²) in [6, 6.07) is -5.35. The lowest BCUT2D eigenvalue weighted by Gasteiger charge is -2.28. The molecule has 0 aliphatic carbocycles. The van der Waals surface area contributed by atoms with Crippen LogP contribution in [0.3, 0.4) is 0 Å². The maximum absolute atomic E-state index is 12.9.